The van der Waals surface area contributed by atoms with E-state index in [-0.39, 0.29) is 16.7 Å². The molecule has 0 saturated carbocycles. The minimum atomic E-state index is -3.34. The molecule has 0 saturated heterocycles. The smallest absolute Gasteiger partial charge is 0.295 e. The Kier molecular flexibility index (Phi) is 4.75. The number of nitro benzene ring substituents is 1. The molecule has 0 amide bonds. The molecule has 6 nitrogen and oxygen atoms in total. The van der Waals surface area contributed by atoms with Crippen LogP contribution >= 0.6 is 15.9 Å². The summed E-state index contributed by atoms with van der Waals surface area (Å²) in [6.07, 6.45) is 1.09. The van der Waals surface area contributed by atoms with Gasteiger partial charge in [0, 0.05) is 12.8 Å². The van der Waals surface area contributed by atoms with Gasteiger partial charge >= 0.3 is 0 Å². The van der Waals surface area contributed by atoms with Crippen LogP contribution in [0.5, 0.6) is 0 Å². The lowest BCUT2D eigenvalue weighted by atomic mass is 10.2. The fraction of sp³-hybridized carbons (Fsp3) is 0.455. The van der Waals surface area contributed by atoms with Crippen LogP contribution in [0.3, 0.4) is 0 Å². The third-order valence-electron chi connectivity index (χ3n) is 2.94. The number of anilines is 1. The average molecular weight is 369 g/mol. The summed E-state index contributed by atoms with van der Waals surface area (Å²) < 4.78 is 35.4. The summed E-state index contributed by atoms with van der Waals surface area (Å²) in [5, 5.41) is 13.6. The number of nitro groups is 1. The highest BCUT2D eigenvalue weighted by molar-refractivity contribution is 9.10. The Morgan fingerprint density at radius 1 is 1.45 bits per heavy atom. The van der Waals surface area contributed by atoms with Crippen molar-refractivity contribution >= 4 is 37.1 Å². The predicted molar refractivity (Wildman–Crippen MR) is 78.2 cm³/mol. The summed E-state index contributed by atoms with van der Waals surface area (Å²) in [6, 6.07) is 1.99. The summed E-state index contributed by atoms with van der Waals surface area (Å²) in [4.78, 5) is 10.1. The van der Waals surface area contributed by atoms with Crippen LogP contribution in [0.2, 0.25) is 0 Å². The highest BCUT2D eigenvalue weighted by Gasteiger charge is 2.31. The molecule has 0 fully saturated rings. The number of hydrogen-bond donors (Lipinski definition) is 1. The van der Waals surface area contributed by atoms with Crippen LogP contribution in [0, 0.1) is 15.9 Å². The molecular formula is C11H14BrFN2O4S. The van der Waals surface area contributed by atoms with Gasteiger partial charge in [-0.2, -0.15) is 0 Å². The normalized spacial score (nSPS) is 12.2. The lowest BCUT2D eigenvalue weighted by molar-refractivity contribution is -0.384. The molecule has 0 spiro atoms. The van der Waals surface area contributed by atoms with Gasteiger partial charge in [0.2, 0.25) is 0 Å². The minimum absolute atomic E-state index is 0.0370. The molecule has 0 aliphatic carbocycles. The second-order valence-electron chi connectivity index (χ2n) is 4.93. The van der Waals surface area contributed by atoms with E-state index in [4.69, 9.17) is 0 Å². The molecule has 0 unspecified atom stereocenters. The fourth-order valence-electron chi connectivity index (χ4n) is 1.27. The van der Waals surface area contributed by atoms with E-state index in [1.807, 2.05) is 0 Å². The highest BCUT2D eigenvalue weighted by Crippen LogP contribution is 2.31. The van der Waals surface area contributed by atoms with Gasteiger partial charge in [0.25, 0.3) is 5.69 Å². The van der Waals surface area contributed by atoms with Crippen LogP contribution in [0.25, 0.3) is 0 Å². The van der Waals surface area contributed by atoms with E-state index in [1.54, 1.807) is 0 Å². The Morgan fingerprint density at radius 3 is 2.45 bits per heavy atom. The molecule has 0 radical (unpaired) electrons. The van der Waals surface area contributed by atoms with E-state index in [0.717, 1.165) is 12.3 Å². The van der Waals surface area contributed by atoms with Gasteiger partial charge < -0.3 is 5.32 Å². The number of hydrogen-bond acceptors (Lipinski definition) is 5. The minimum Gasteiger partial charge on any atom is -0.378 e. The second kappa shape index (κ2) is 5.65. The van der Waals surface area contributed by atoms with Gasteiger partial charge in [0.15, 0.2) is 9.84 Å². The Balaban J connectivity index is 3.10. The summed E-state index contributed by atoms with van der Waals surface area (Å²) >= 11 is 2.93. The van der Waals surface area contributed by atoms with Gasteiger partial charge in [-0.1, -0.05) is 0 Å². The maximum atomic E-state index is 13.3. The second-order valence-corrected chi connectivity index (χ2v) is 8.43. The molecule has 0 bridgehead atoms. The zero-order valence-corrected chi connectivity index (χ0v) is 13.5. The van der Waals surface area contributed by atoms with E-state index in [9.17, 15) is 22.9 Å². The first-order chi connectivity index (χ1) is 8.95. The van der Waals surface area contributed by atoms with Gasteiger partial charge in [0.1, 0.15) is 11.5 Å². The predicted octanol–water partition coefficient (Wildman–Crippen LogP) is 2.73. The van der Waals surface area contributed by atoms with Crippen molar-refractivity contribution in [1.29, 1.82) is 0 Å². The molecule has 0 heterocycles. The molecule has 0 aliphatic heterocycles. The van der Waals surface area contributed by atoms with Crippen LogP contribution in [0.1, 0.15) is 13.8 Å². The van der Waals surface area contributed by atoms with Crippen molar-refractivity contribution in [2.45, 2.75) is 18.6 Å². The van der Waals surface area contributed by atoms with Crippen molar-refractivity contribution in [1.82, 2.24) is 0 Å². The van der Waals surface area contributed by atoms with Crippen molar-refractivity contribution in [2.24, 2.45) is 0 Å². The first-order valence-corrected chi connectivity index (χ1v) is 8.21. The largest absolute Gasteiger partial charge is 0.378 e. The molecule has 9 heteroatoms. The number of nitrogens with zero attached hydrogens (tertiary/aromatic N) is 1. The summed E-state index contributed by atoms with van der Waals surface area (Å²) in [5.41, 5.74) is -0.394. The maximum Gasteiger partial charge on any atom is 0.295 e. The van der Waals surface area contributed by atoms with E-state index in [2.05, 4.69) is 21.2 Å². The zero-order valence-electron chi connectivity index (χ0n) is 11.1. The molecular weight excluding hydrogens is 355 g/mol. The van der Waals surface area contributed by atoms with Crippen molar-refractivity contribution in [3.63, 3.8) is 0 Å². The lowest BCUT2D eigenvalue weighted by Crippen LogP contribution is -2.38. The quantitative estimate of drug-likeness (QED) is 0.637. The third-order valence-corrected chi connectivity index (χ3v) is 5.70. The number of nitrogens with one attached hydrogen (secondary N) is 1. The molecule has 1 N–H and O–H groups in total. The van der Waals surface area contributed by atoms with Crippen molar-refractivity contribution < 1.29 is 17.7 Å². The van der Waals surface area contributed by atoms with E-state index in [1.165, 1.54) is 19.9 Å². The van der Waals surface area contributed by atoms with Gasteiger partial charge in [-0.05, 0) is 35.8 Å². The van der Waals surface area contributed by atoms with Gasteiger partial charge in [-0.25, -0.2) is 12.8 Å². The van der Waals surface area contributed by atoms with Crippen LogP contribution in [-0.2, 0) is 9.84 Å². The van der Waals surface area contributed by atoms with Crippen LogP contribution < -0.4 is 5.32 Å². The van der Waals surface area contributed by atoms with Gasteiger partial charge in [-0.3, -0.25) is 10.1 Å². The Bertz CT molecular complexity index is 646. The van der Waals surface area contributed by atoms with E-state index < -0.39 is 31.0 Å². The topological polar surface area (TPSA) is 89.3 Å². The maximum absolute atomic E-state index is 13.3. The standard InChI is InChI=1S/C11H14BrFN2O4S/c1-11(2,20(3,18)19)6-14-9-4-7(12)8(13)5-10(9)15(16)17/h4-5,14H,6H2,1-3H3. The summed E-state index contributed by atoms with van der Waals surface area (Å²) in [6.45, 7) is 2.96. The number of halogens is 2. The first-order valence-electron chi connectivity index (χ1n) is 5.52. The molecule has 0 atom stereocenters. The molecule has 1 aromatic rings. The molecule has 0 aromatic heterocycles. The lowest BCUT2D eigenvalue weighted by Gasteiger charge is -2.23. The van der Waals surface area contributed by atoms with Crippen molar-refractivity contribution in [3.05, 3.63) is 32.5 Å². The summed E-state index contributed by atoms with van der Waals surface area (Å²) in [7, 11) is -3.34. The number of sulfone groups is 1. The molecule has 1 aromatic carbocycles. The highest BCUT2D eigenvalue weighted by atomic mass is 79.9. The summed E-state index contributed by atoms with van der Waals surface area (Å²) in [5.74, 6) is -0.760. The first kappa shape index (κ1) is 16.8. The third kappa shape index (κ3) is 3.66. The molecule has 112 valence electrons. The van der Waals surface area contributed by atoms with Crippen molar-refractivity contribution in [2.75, 3.05) is 18.1 Å². The zero-order chi connectivity index (χ0) is 15.7. The van der Waals surface area contributed by atoms with Gasteiger partial charge in [-0.15, -0.1) is 0 Å². The number of rotatable bonds is 5. The monoisotopic (exact) mass is 368 g/mol. The molecule has 1 rings (SSSR count). The SMILES string of the molecule is CC(C)(CNc1cc(Br)c(F)cc1[N+](=O)[O-])S(C)(=O)=O. The Labute approximate surface area is 124 Å². The van der Waals surface area contributed by atoms with E-state index in [0.29, 0.717) is 0 Å². The van der Waals surface area contributed by atoms with Crippen LogP contribution in [0.15, 0.2) is 16.6 Å². The van der Waals surface area contributed by atoms with E-state index >= 15 is 0 Å². The molecule has 20 heavy (non-hydrogen) atoms. The Morgan fingerprint density at radius 2 is 2.00 bits per heavy atom. The fourth-order valence-corrected chi connectivity index (χ4v) is 1.95. The number of benzene rings is 1. The van der Waals surface area contributed by atoms with Gasteiger partial charge in [0.05, 0.1) is 20.2 Å². The van der Waals surface area contributed by atoms with Crippen LogP contribution in [-0.4, -0.2) is 30.9 Å². The molecule has 0 aliphatic rings. The average Bonchev–Trinajstić information content (AvgIpc) is 2.28. The van der Waals surface area contributed by atoms with Crippen LogP contribution in [0.4, 0.5) is 15.8 Å². The van der Waals surface area contributed by atoms with Crippen molar-refractivity contribution in [3.8, 4) is 0 Å². The Hall–Kier alpha value is -1.22.